The van der Waals surface area contributed by atoms with Crippen LogP contribution in [0.15, 0.2) is 24.3 Å². The van der Waals surface area contributed by atoms with Gasteiger partial charge in [-0.3, -0.25) is 4.79 Å². The molecule has 3 aliphatic heterocycles. The summed E-state index contributed by atoms with van der Waals surface area (Å²) in [6.07, 6.45) is 6.02. The zero-order valence-corrected chi connectivity index (χ0v) is 14.8. The molecule has 4 rings (SSSR count). The number of benzene rings is 1. The highest BCUT2D eigenvalue weighted by Crippen LogP contribution is 2.42. The summed E-state index contributed by atoms with van der Waals surface area (Å²) in [5, 5.41) is 0. The first kappa shape index (κ1) is 16.1. The molecule has 0 unspecified atom stereocenters. The molecule has 1 aromatic carbocycles. The zero-order chi connectivity index (χ0) is 16.6. The van der Waals surface area contributed by atoms with Gasteiger partial charge in [0.2, 0.25) is 6.41 Å². The Kier molecular flexibility index (Phi) is 4.35. The van der Waals surface area contributed by atoms with Crippen molar-refractivity contribution >= 4 is 6.41 Å². The quantitative estimate of drug-likeness (QED) is 0.778. The smallest absolute Gasteiger partial charge is 0.210 e. The number of piperidine rings is 2. The molecule has 2 fully saturated rings. The van der Waals surface area contributed by atoms with Crippen LogP contribution in [0.5, 0.6) is 0 Å². The molecule has 0 radical (unpaired) electrons. The maximum atomic E-state index is 11.4. The molecule has 3 aliphatic rings. The van der Waals surface area contributed by atoms with Crippen molar-refractivity contribution in [1.29, 1.82) is 0 Å². The van der Waals surface area contributed by atoms with Crippen LogP contribution in [0.1, 0.15) is 36.8 Å². The fourth-order valence-corrected chi connectivity index (χ4v) is 5.10. The predicted octanol–water partition coefficient (Wildman–Crippen LogP) is 2.09. The minimum Gasteiger partial charge on any atom is -0.340 e. The van der Waals surface area contributed by atoms with Crippen molar-refractivity contribution in [1.82, 2.24) is 14.7 Å². The van der Waals surface area contributed by atoms with Crippen LogP contribution in [0.25, 0.3) is 0 Å². The maximum absolute atomic E-state index is 11.4. The lowest BCUT2D eigenvalue weighted by Gasteiger charge is -2.50. The molecule has 3 heterocycles. The van der Waals surface area contributed by atoms with Gasteiger partial charge in [-0.05, 0) is 70.0 Å². The van der Waals surface area contributed by atoms with Gasteiger partial charge >= 0.3 is 0 Å². The largest absolute Gasteiger partial charge is 0.340 e. The first-order valence-corrected chi connectivity index (χ1v) is 9.40. The number of likely N-dealkylation sites (tertiary alicyclic amines) is 2. The van der Waals surface area contributed by atoms with E-state index in [1.54, 1.807) is 0 Å². The van der Waals surface area contributed by atoms with Crippen LogP contribution in [0.3, 0.4) is 0 Å². The predicted molar refractivity (Wildman–Crippen MR) is 95.9 cm³/mol. The highest BCUT2D eigenvalue weighted by molar-refractivity contribution is 5.51. The number of fused-ring (bicyclic) bond motifs is 2. The number of hydrogen-bond donors (Lipinski definition) is 0. The Balaban J connectivity index is 1.50. The molecule has 0 atom stereocenters. The molecule has 0 aromatic heterocycles. The van der Waals surface area contributed by atoms with Crippen molar-refractivity contribution in [3.8, 4) is 0 Å². The molecule has 0 N–H and O–H groups in total. The second-order valence-electron chi connectivity index (χ2n) is 8.02. The molecule has 4 heteroatoms. The fourth-order valence-electron chi connectivity index (χ4n) is 5.10. The van der Waals surface area contributed by atoms with E-state index in [4.69, 9.17) is 0 Å². The summed E-state index contributed by atoms with van der Waals surface area (Å²) in [7, 11) is 2.23. The number of hydrogen-bond acceptors (Lipinski definition) is 3. The summed E-state index contributed by atoms with van der Waals surface area (Å²) in [4.78, 5) is 18.6. The first-order chi connectivity index (χ1) is 11.7. The SMILES string of the molecule is CN1CCC(N2CCC3(CC2)CN(C=O)Cc2ccccc23)CC1. The molecular weight excluding hydrogens is 298 g/mol. The number of amides is 1. The van der Waals surface area contributed by atoms with Crippen molar-refractivity contribution in [3.05, 3.63) is 35.4 Å². The Bertz CT molecular complexity index is 586. The van der Waals surface area contributed by atoms with E-state index in [9.17, 15) is 4.79 Å². The minimum atomic E-state index is 0.178. The summed E-state index contributed by atoms with van der Waals surface area (Å²) >= 11 is 0. The molecule has 24 heavy (non-hydrogen) atoms. The van der Waals surface area contributed by atoms with Gasteiger partial charge in [0.25, 0.3) is 0 Å². The first-order valence-electron chi connectivity index (χ1n) is 9.40. The maximum Gasteiger partial charge on any atom is 0.210 e. The van der Waals surface area contributed by atoms with Gasteiger partial charge in [-0.2, -0.15) is 0 Å². The van der Waals surface area contributed by atoms with E-state index in [0.29, 0.717) is 0 Å². The molecule has 130 valence electrons. The second kappa shape index (κ2) is 6.49. The molecule has 4 nitrogen and oxygen atoms in total. The van der Waals surface area contributed by atoms with E-state index in [2.05, 4.69) is 41.1 Å². The third-order valence-corrected chi connectivity index (χ3v) is 6.58. The summed E-state index contributed by atoms with van der Waals surface area (Å²) < 4.78 is 0. The standard InChI is InChI=1S/C20H29N3O/c1-21-10-6-18(7-11-21)23-12-8-20(9-13-23)15-22(16-24)14-17-4-2-3-5-19(17)20/h2-5,16,18H,6-15H2,1H3. The van der Waals surface area contributed by atoms with Crippen LogP contribution < -0.4 is 0 Å². The fraction of sp³-hybridized carbons (Fsp3) is 0.650. The van der Waals surface area contributed by atoms with Crippen molar-refractivity contribution in [2.45, 2.75) is 43.7 Å². The normalized spacial score (nSPS) is 25.6. The molecular formula is C20H29N3O. The Morgan fingerprint density at radius 2 is 1.79 bits per heavy atom. The molecule has 0 bridgehead atoms. The third kappa shape index (κ3) is 2.86. The topological polar surface area (TPSA) is 26.8 Å². The highest BCUT2D eigenvalue weighted by Gasteiger charge is 2.42. The summed E-state index contributed by atoms with van der Waals surface area (Å²) in [6, 6.07) is 9.55. The van der Waals surface area contributed by atoms with Crippen LogP contribution in [0.2, 0.25) is 0 Å². The lowest BCUT2D eigenvalue weighted by Crippen LogP contribution is -2.54. The van der Waals surface area contributed by atoms with E-state index in [0.717, 1.165) is 25.5 Å². The third-order valence-electron chi connectivity index (χ3n) is 6.58. The molecule has 0 saturated carbocycles. The van der Waals surface area contributed by atoms with Crippen molar-refractivity contribution in [3.63, 3.8) is 0 Å². The molecule has 1 amide bonds. The van der Waals surface area contributed by atoms with Gasteiger partial charge in [-0.25, -0.2) is 0 Å². The lowest BCUT2D eigenvalue weighted by molar-refractivity contribution is -0.120. The van der Waals surface area contributed by atoms with Gasteiger partial charge < -0.3 is 14.7 Å². The van der Waals surface area contributed by atoms with Gasteiger partial charge in [-0.1, -0.05) is 24.3 Å². The zero-order valence-electron chi connectivity index (χ0n) is 14.8. The Labute approximate surface area is 145 Å². The van der Waals surface area contributed by atoms with Gasteiger partial charge in [0, 0.05) is 24.5 Å². The number of rotatable bonds is 2. The van der Waals surface area contributed by atoms with Crippen molar-refractivity contribution in [2.24, 2.45) is 0 Å². The van der Waals surface area contributed by atoms with Crippen LogP contribution in [-0.4, -0.2) is 66.9 Å². The Morgan fingerprint density at radius 3 is 2.50 bits per heavy atom. The Morgan fingerprint density at radius 1 is 1.08 bits per heavy atom. The summed E-state index contributed by atoms with van der Waals surface area (Å²) in [5.74, 6) is 0. The Hall–Kier alpha value is -1.39. The van der Waals surface area contributed by atoms with Gasteiger partial charge in [0.05, 0.1) is 0 Å². The van der Waals surface area contributed by atoms with E-state index in [1.807, 2.05) is 4.90 Å². The number of carbonyl (C=O) groups is 1. The second-order valence-corrected chi connectivity index (χ2v) is 8.02. The molecule has 0 aliphatic carbocycles. The molecule has 1 spiro atoms. The van der Waals surface area contributed by atoms with Gasteiger partial charge in [0.15, 0.2) is 0 Å². The average molecular weight is 327 g/mol. The van der Waals surface area contributed by atoms with Crippen LogP contribution in [0.4, 0.5) is 0 Å². The van der Waals surface area contributed by atoms with Gasteiger partial charge in [-0.15, -0.1) is 0 Å². The molecule has 1 aromatic rings. The number of carbonyl (C=O) groups excluding carboxylic acids is 1. The molecule has 2 saturated heterocycles. The monoisotopic (exact) mass is 327 g/mol. The van der Waals surface area contributed by atoms with Crippen LogP contribution >= 0.6 is 0 Å². The van der Waals surface area contributed by atoms with Crippen LogP contribution in [-0.2, 0) is 16.8 Å². The van der Waals surface area contributed by atoms with Gasteiger partial charge in [0.1, 0.15) is 0 Å². The number of nitrogens with zero attached hydrogens (tertiary/aromatic N) is 3. The average Bonchev–Trinajstić information content (AvgIpc) is 2.63. The van der Waals surface area contributed by atoms with E-state index in [1.165, 1.54) is 63.0 Å². The lowest BCUT2D eigenvalue weighted by atomic mass is 9.68. The van der Waals surface area contributed by atoms with E-state index < -0.39 is 0 Å². The van der Waals surface area contributed by atoms with Crippen LogP contribution in [0, 0.1) is 0 Å². The van der Waals surface area contributed by atoms with Crippen molar-refractivity contribution in [2.75, 3.05) is 39.8 Å². The van der Waals surface area contributed by atoms with E-state index >= 15 is 0 Å². The summed E-state index contributed by atoms with van der Waals surface area (Å²) in [6.45, 7) is 6.49. The highest BCUT2D eigenvalue weighted by atomic mass is 16.1. The van der Waals surface area contributed by atoms with E-state index in [-0.39, 0.29) is 5.41 Å². The summed E-state index contributed by atoms with van der Waals surface area (Å²) in [5.41, 5.74) is 3.03. The van der Waals surface area contributed by atoms with Crippen molar-refractivity contribution < 1.29 is 4.79 Å². The minimum absolute atomic E-state index is 0.178.